The van der Waals surface area contributed by atoms with Gasteiger partial charge in [-0.3, -0.25) is 9.59 Å². The van der Waals surface area contributed by atoms with Crippen LogP contribution in [0.15, 0.2) is 30.3 Å². The highest BCUT2D eigenvalue weighted by Crippen LogP contribution is 2.21. The lowest BCUT2D eigenvalue weighted by molar-refractivity contribution is -0.147. The number of nitrogens with two attached hydrogens (primary N) is 1. The van der Waals surface area contributed by atoms with Gasteiger partial charge in [-0.15, -0.1) is 0 Å². The van der Waals surface area contributed by atoms with E-state index in [9.17, 15) is 19.5 Å². The number of carbonyl (C=O) groups is 3. The second kappa shape index (κ2) is 6.85. The molecule has 2 atom stereocenters. The van der Waals surface area contributed by atoms with Gasteiger partial charge >= 0.3 is 11.9 Å². The summed E-state index contributed by atoms with van der Waals surface area (Å²) in [6.07, 6.45) is -0.227. The molecule has 0 aliphatic rings. The smallest absolute Gasteiger partial charge is 0.333 e. The molecule has 1 aromatic rings. The van der Waals surface area contributed by atoms with Crippen LogP contribution < -0.4 is 11.1 Å². The molecule has 0 saturated carbocycles. The molecule has 1 rings (SSSR count). The Bertz CT molecular complexity index is 531. The predicted octanol–water partition coefficient (Wildman–Crippen LogP) is 0.295. The molecule has 0 bridgehead atoms. The Morgan fingerprint density at radius 2 is 1.81 bits per heavy atom. The molecule has 7 nitrogen and oxygen atoms in total. The number of carbonyl (C=O) groups excluding carboxylic acids is 1. The molecule has 1 unspecified atom stereocenters. The minimum absolute atomic E-state index is 0.0638. The summed E-state index contributed by atoms with van der Waals surface area (Å²) in [4.78, 5) is 33.9. The molecule has 1 aromatic carbocycles. The minimum Gasteiger partial charge on any atom is -0.480 e. The maximum Gasteiger partial charge on any atom is 0.333 e. The minimum atomic E-state index is -1.58. The average molecular weight is 294 g/mol. The van der Waals surface area contributed by atoms with Gasteiger partial charge in [-0.05, 0) is 18.9 Å². The molecule has 0 radical (unpaired) electrons. The van der Waals surface area contributed by atoms with Gasteiger partial charge in [-0.1, -0.05) is 30.3 Å². The van der Waals surface area contributed by atoms with Gasteiger partial charge in [0, 0.05) is 6.42 Å². The molecule has 21 heavy (non-hydrogen) atoms. The van der Waals surface area contributed by atoms with Crippen molar-refractivity contribution in [1.29, 1.82) is 0 Å². The van der Waals surface area contributed by atoms with E-state index in [2.05, 4.69) is 5.32 Å². The number of hydrogen-bond acceptors (Lipinski definition) is 4. The highest BCUT2D eigenvalue weighted by atomic mass is 16.4. The zero-order valence-corrected chi connectivity index (χ0v) is 11.6. The lowest BCUT2D eigenvalue weighted by atomic mass is 9.91. The number of amides is 1. The predicted molar refractivity (Wildman–Crippen MR) is 74.4 cm³/mol. The molecule has 0 saturated heterocycles. The van der Waals surface area contributed by atoms with E-state index in [1.54, 1.807) is 30.3 Å². The number of nitrogens with one attached hydrogen (secondary N) is 1. The van der Waals surface area contributed by atoms with E-state index in [4.69, 9.17) is 10.8 Å². The van der Waals surface area contributed by atoms with Crippen molar-refractivity contribution in [1.82, 2.24) is 5.32 Å². The van der Waals surface area contributed by atoms with E-state index in [0.717, 1.165) is 0 Å². The fraction of sp³-hybridized carbons (Fsp3) is 0.357. The Balaban J connectivity index is 2.78. The Morgan fingerprint density at radius 3 is 2.29 bits per heavy atom. The van der Waals surface area contributed by atoms with E-state index < -0.39 is 29.4 Å². The van der Waals surface area contributed by atoms with Gasteiger partial charge in [-0.2, -0.15) is 0 Å². The molecule has 0 heterocycles. The molecule has 1 amide bonds. The third kappa shape index (κ3) is 4.28. The monoisotopic (exact) mass is 294 g/mol. The van der Waals surface area contributed by atoms with Crippen molar-refractivity contribution in [3.8, 4) is 0 Å². The van der Waals surface area contributed by atoms with Crippen molar-refractivity contribution in [2.45, 2.75) is 31.3 Å². The summed E-state index contributed by atoms with van der Waals surface area (Å²) in [7, 11) is 0. The van der Waals surface area contributed by atoms with E-state index in [0.29, 0.717) is 5.56 Å². The van der Waals surface area contributed by atoms with Gasteiger partial charge in [0.2, 0.25) is 5.91 Å². The van der Waals surface area contributed by atoms with Gasteiger partial charge in [-0.25, -0.2) is 4.79 Å². The van der Waals surface area contributed by atoms with E-state index in [1.807, 2.05) is 0 Å². The molecular formula is C14H18N2O5. The molecule has 0 spiro atoms. The normalized spacial score (nSPS) is 14.8. The third-order valence-electron chi connectivity index (χ3n) is 3.17. The molecule has 0 aliphatic carbocycles. The van der Waals surface area contributed by atoms with Crippen molar-refractivity contribution in [2.24, 2.45) is 5.73 Å². The highest BCUT2D eigenvalue weighted by molar-refractivity contribution is 5.88. The topological polar surface area (TPSA) is 130 Å². The first-order chi connectivity index (χ1) is 9.77. The second-order valence-electron chi connectivity index (χ2n) is 4.83. The van der Waals surface area contributed by atoms with Gasteiger partial charge < -0.3 is 21.3 Å². The van der Waals surface area contributed by atoms with Crippen LogP contribution in [-0.2, 0) is 19.9 Å². The number of rotatable bonds is 7. The van der Waals surface area contributed by atoms with Gasteiger partial charge in [0.25, 0.3) is 0 Å². The molecule has 0 aromatic heterocycles. The van der Waals surface area contributed by atoms with E-state index in [-0.39, 0.29) is 12.8 Å². The average Bonchev–Trinajstić information content (AvgIpc) is 2.45. The molecule has 7 heteroatoms. The first-order valence-electron chi connectivity index (χ1n) is 6.35. The molecule has 0 fully saturated rings. The van der Waals surface area contributed by atoms with Crippen LogP contribution in [0, 0.1) is 0 Å². The highest BCUT2D eigenvalue weighted by Gasteiger charge is 2.36. The van der Waals surface area contributed by atoms with Crippen molar-refractivity contribution in [3.63, 3.8) is 0 Å². The fourth-order valence-electron chi connectivity index (χ4n) is 1.77. The van der Waals surface area contributed by atoms with Crippen LogP contribution in [-0.4, -0.2) is 34.1 Å². The largest absolute Gasteiger partial charge is 0.480 e. The standard InChI is InChI=1S/C14H18N2O5/c1-14(13(20)21,9-5-3-2-4-6-9)16-11(17)8-7-10(15)12(18)19/h2-6,10H,7-8,15H2,1H3,(H,16,17)(H,18,19)(H,20,21)/t10-,14?/m0/s1. The second-order valence-corrected chi connectivity index (χ2v) is 4.83. The summed E-state index contributed by atoms with van der Waals surface area (Å²) in [6, 6.07) is 7.11. The number of hydrogen-bond donors (Lipinski definition) is 4. The zero-order chi connectivity index (χ0) is 16.0. The Hall–Kier alpha value is -2.41. The summed E-state index contributed by atoms with van der Waals surface area (Å²) < 4.78 is 0. The van der Waals surface area contributed by atoms with Crippen LogP contribution in [0.1, 0.15) is 25.3 Å². The zero-order valence-electron chi connectivity index (χ0n) is 11.6. The SMILES string of the molecule is CC(NC(=O)CC[C@H](N)C(=O)O)(C(=O)O)c1ccccc1. The summed E-state index contributed by atoms with van der Waals surface area (Å²) in [5.74, 6) is -2.98. The lowest BCUT2D eigenvalue weighted by Crippen LogP contribution is -2.49. The molecule has 0 aliphatic heterocycles. The quantitative estimate of drug-likeness (QED) is 0.572. The lowest BCUT2D eigenvalue weighted by Gasteiger charge is -2.27. The fourth-order valence-corrected chi connectivity index (χ4v) is 1.77. The van der Waals surface area contributed by atoms with Gasteiger partial charge in [0.1, 0.15) is 6.04 Å². The van der Waals surface area contributed by atoms with Gasteiger partial charge in [0.05, 0.1) is 0 Å². The van der Waals surface area contributed by atoms with Gasteiger partial charge in [0.15, 0.2) is 5.54 Å². The summed E-state index contributed by atoms with van der Waals surface area (Å²) in [5, 5.41) is 20.4. The summed E-state index contributed by atoms with van der Waals surface area (Å²) in [5.41, 5.74) is 4.15. The molecule has 114 valence electrons. The Labute approximate surface area is 121 Å². The first kappa shape index (κ1) is 16.6. The van der Waals surface area contributed by atoms with Crippen molar-refractivity contribution in [2.75, 3.05) is 0 Å². The summed E-state index contributed by atoms with van der Waals surface area (Å²) >= 11 is 0. The Kier molecular flexibility index (Phi) is 5.43. The summed E-state index contributed by atoms with van der Waals surface area (Å²) in [6.45, 7) is 1.37. The van der Waals surface area contributed by atoms with E-state index in [1.165, 1.54) is 6.92 Å². The number of carboxylic acid groups (broad SMARTS) is 2. The number of benzene rings is 1. The van der Waals surface area contributed by atoms with Crippen molar-refractivity contribution >= 4 is 17.8 Å². The van der Waals surface area contributed by atoms with E-state index >= 15 is 0 Å². The maximum atomic E-state index is 11.8. The van der Waals surface area contributed by atoms with Crippen molar-refractivity contribution in [3.05, 3.63) is 35.9 Å². The van der Waals surface area contributed by atoms with Crippen molar-refractivity contribution < 1.29 is 24.6 Å². The van der Waals surface area contributed by atoms with Crippen LogP contribution in [0.25, 0.3) is 0 Å². The first-order valence-corrected chi connectivity index (χ1v) is 6.35. The van der Waals surface area contributed by atoms with Crippen LogP contribution in [0.5, 0.6) is 0 Å². The van der Waals surface area contributed by atoms with Crippen LogP contribution in [0.2, 0.25) is 0 Å². The molecule has 5 N–H and O–H groups in total. The number of carboxylic acids is 2. The van der Waals surface area contributed by atoms with Crippen LogP contribution in [0.3, 0.4) is 0 Å². The third-order valence-corrected chi connectivity index (χ3v) is 3.17. The number of aliphatic carboxylic acids is 2. The Morgan fingerprint density at radius 1 is 1.24 bits per heavy atom. The van der Waals surface area contributed by atoms with Crippen LogP contribution in [0.4, 0.5) is 0 Å². The molecular weight excluding hydrogens is 276 g/mol. The maximum absolute atomic E-state index is 11.8. The van der Waals surface area contributed by atoms with Crippen LogP contribution >= 0.6 is 0 Å².